The van der Waals surface area contributed by atoms with Gasteiger partial charge in [-0.25, -0.2) is 4.98 Å². The minimum absolute atomic E-state index is 0.135. The molecule has 0 bridgehead atoms. The number of aromatic nitrogens is 2. The molecule has 112 valence electrons. The third-order valence-corrected chi connectivity index (χ3v) is 3.98. The Balaban J connectivity index is 2.18. The van der Waals surface area contributed by atoms with E-state index in [1.165, 1.54) is 0 Å². The lowest BCUT2D eigenvalue weighted by molar-refractivity contribution is -0.00480. The summed E-state index contributed by atoms with van der Waals surface area (Å²) in [4.78, 5) is 11.0. The maximum Gasteiger partial charge on any atom is 0.224 e. The van der Waals surface area contributed by atoms with Crippen LogP contribution in [0.5, 0.6) is 0 Å². The molecular formula is C14H23ClN4O. The molecular weight excluding hydrogens is 276 g/mol. The number of nitrogens with one attached hydrogen (secondary N) is 1. The van der Waals surface area contributed by atoms with Crippen LogP contribution in [-0.4, -0.2) is 42.3 Å². The number of piperidine rings is 1. The average molecular weight is 299 g/mol. The van der Waals surface area contributed by atoms with Crippen LogP contribution in [-0.2, 0) is 4.74 Å². The van der Waals surface area contributed by atoms with Gasteiger partial charge >= 0.3 is 0 Å². The zero-order chi connectivity index (χ0) is 14.6. The first-order chi connectivity index (χ1) is 9.58. The number of methoxy groups -OCH3 is 1. The predicted octanol–water partition coefficient (Wildman–Crippen LogP) is 2.96. The van der Waals surface area contributed by atoms with Crippen molar-refractivity contribution in [2.75, 3.05) is 37.0 Å². The second kappa shape index (κ2) is 6.59. The van der Waals surface area contributed by atoms with E-state index in [1.54, 1.807) is 13.3 Å². The van der Waals surface area contributed by atoms with Gasteiger partial charge in [0.25, 0.3) is 0 Å². The Morgan fingerprint density at radius 1 is 1.55 bits per heavy atom. The minimum atomic E-state index is -0.135. The van der Waals surface area contributed by atoms with Gasteiger partial charge in [-0.3, -0.25) is 0 Å². The molecule has 1 aliphatic heterocycles. The molecule has 1 aromatic heterocycles. The second-order valence-electron chi connectivity index (χ2n) is 5.47. The fraction of sp³-hybridized carbons (Fsp3) is 0.714. The Kier molecular flexibility index (Phi) is 5.05. The van der Waals surface area contributed by atoms with Crippen LogP contribution in [0.3, 0.4) is 0 Å². The molecule has 20 heavy (non-hydrogen) atoms. The number of rotatable bonds is 5. The van der Waals surface area contributed by atoms with Crippen molar-refractivity contribution in [3.63, 3.8) is 0 Å². The van der Waals surface area contributed by atoms with Gasteiger partial charge in [0.1, 0.15) is 5.02 Å². The highest BCUT2D eigenvalue weighted by Crippen LogP contribution is 2.31. The molecule has 0 amide bonds. The summed E-state index contributed by atoms with van der Waals surface area (Å²) in [6.45, 7) is 6.84. The van der Waals surface area contributed by atoms with Crippen molar-refractivity contribution < 1.29 is 4.74 Å². The number of nitrogens with zero attached hydrogens (tertiary/aromatic N) is 3. The highest BCUT2D eigenvalue weighted by molar-refractivity contribution is 6.32. The van der Waals surface area contributed by atoms with Gasteiger partial charge < -0.3 is 15.0 Å². The van der Waals surface area contributed by atoms with E-state index in [0.29, 0.717) is 11.0 Å². The van der Waals surface area contributed by atoms with E-state index in [1.807, 2.05) is 0 Å². The third kappa shape index (κ3) is 3.52. The molecule has 1 aromatic rings. The van der Waals surface area contributed by atoms with E-state index in [0.717, 1.165) is 44.7 Å². The molecule has 0 saturated carbocycles. The molecule has 1 N–H and O–H groups in total. The molecule has 1 saturated heterocycles. The highest BCUT2D eigenvalue weighted by Gasteiger charge is 2.32. The van der Waals surface area contributed by atoms with Crippen molar-refractivity contribution in [2.24, 2.45) is 0 Å². The fourth-order valence-corrected chi connectivity index (χ4v) is 2.67. The summed E-state index contributed by atoms with van der Waals surface area (Å²) in [6.07, 6.45) is 4.83. The topological polar surface area (TPSA) is 50.3 Å². The van der Waals surface area contributed by atoms with Gasteiger partial charge in [0.15, 0.2) is 5.82 Å². The van der Waals surface area contributed by atoms with Crippen LogP contribution >= 0.6 is 11.6 Å². The van der Waals surface area contributed by atoms with Gasteiger partial charge in [-0.2, -0.15) is 4.98 Å². The molecule has 0 spiro atoms. The van der Waals surface area contributed by atoms with Gasteiger partial charge in [0.2, 0.25) is 5.95 Å². The monoisotopic (exact) mass is 298 g/mol. The first-order valence-corrected chi connectivity index (χ1v) is 7.52. The molecule has 5 nitrogen and oxygen atoms in total. The zero-order valence-corrected chi connectivity index (χ0v) is 13.2. The Morgan fingerprint density at radius 2 is 2.35 bits per heavy atom. The van der Waals surface area contributed by atoms with Crippen LogP contribution in [0.4, 0.5) is 11.8 Å². The molecule has 1 atom stereocenters. The van der Waals surface area contributed by atoms with Crippen LogP contribution < -0.4 is 10.2 Å². The van der Waals surface area contributed by atoms with E-state index in [9.17, 15) is 0 Å². The summed E-state index contributed by atoms with van der Waals surface area (Å²) >= 11 is 6.26. The van der Waals surface area contributed by atoms with Crippen LogP contribution in [0.2, 0.25) is 5.02 Å². The summed E-state index contributed by atoms with van der Waals surface area (Å²) in [5.41, 5.74) is -0.135. The fourth-order valence-electron chi connectivity index (χ4n) is 2.45. The van der Waals surface area contributed by atoms with E-state index in [4.69, 9.17) is 16.3 Å². The van der Waals surface area contributed by atoms with Gasteiger partial charge in [0, 0.05) is 26.7 Å². The van der Waals surface area contributed by atoms with Gasteiger partial charge in [-0.05, 0) is 26.2 Å². The first kappa shape index (κ1) is 15.3. The smallest absolute Gasteiger partial charge is 0.224 e. The Bertz CT molecular complexity index is 457. The lowest BCUT2D eigenvalue weighted by Gasteiger charge is -2.40. The van der Waals surface area contributed by atoms with E-state index < -0.39 is 0 Å². The molecule has 1 unspecified atom stereocenters. The number of ether oxygens (including phenoxy) is 1. The van der Waals surface area contributed by atoms with Crippen LogP contribution in [0, 0.1) is 0 Å². The predicted molar refractivity (Wildman–Crippen MR) is 82.7 cm³/mol. The van der Waals surface area contributed by atoms with Gasteiger partial charge in [-0.15, -0.1) is 0 Å². The highest BCUT2D eigenvalue weighted by atomic mass is 35.5. The van der Waals surface area contributed by atoms with Crippen molar-refractivity contribution in [1.29, 1.82) is 0 Å². The molecule has 1 aliphatic rings. The molecule has 2 rings (SSSR count). The zero-order valence-electron chi connectivity index (χ0n) is 12.4. The Morgan fingerprint density at radius 3 is 3.05 bits per heavy atom. The van der Waals surface area contributed by atoms with E-state index >= 15 is 0 Å². The maximum absolute atomic E-state index is 6.26. The normalized spacial score (nSPS) is 22.9. The van der Waals surface area contributed by atoms with Crippen LogP contribution in [0.1, 0.15) is 33.1 Å². The summed E-state index contributed by atoms with van der Waals surface area (Å²) in [5, 5.41) is 3.79. The third-order valence-electron chi connectivity index (χ3n) is 3.71. The van der Waals surface area contributed by atoms with Crippen molar-refractivity contribution in [3.8, 4) is 0 Å². The maximum atomic E-state index is 6.26. The molecule has 6 heteroatoms. The molecule has 0 aromatic carbocycles. The summed E-state index contributed by atoms with van der Waals surface area (Å²) in [6, 6.07) is 0. The Hall–Kier alpha value is -1.07. The van der Waals surface area contributed by atoms with Crippen molar-refractivity contribution in [3.05, 3.63) is 11.2 Å². The Labute approximate surface area is 125 Å². The standard InChI is InChI=1S/C14H23ClN4O/c1-4-7-16-13-17-9-11(15)12(18-13)19-8-5-6-14(2,10-19)20-3/h9H,4-8,10H2,1-3H3,(H,16,17,18). The van der Waals surface area contributed by atoms with E-state index in [-0.39, 0.29) is 5.60 Å². The quantitative estimate of drug-likeness (QED) is 0.906. The second-order valence-corrected chi connectivity index (χ2v) is 5.88. The number of halogens is 1. The van der Waals surface area contributed by atoms with Crippen LogP contribution in [0.15, 0.2) is 6.20 Å². The van der Waals surface area contributed by atoms with Crippen molar-refractivity contribution in [1.82, 2.24) is 9.97 Å². The molecule has 0 radical (unpaired) electrons. The summed E-state index contributed by atoms with van der Waals surface area (Å²) in [7, 11) is 1.76. The number of hydrogen-bond donors (Lipinski definition) is 1. The van der Waals surface area contributed by atoms with Crippen molar-refractivity contribution in [2.45, 2.75) is 38.7 Å². The molecule has 0 aliphatic carbocycles. The summed E-state index contributed by atoms with van der Waals surface area (Å²) in [5.74, 6) is 1.43. The van der Waals surface area contributed by atoms with Crippen LogP contribution in [0.25, 0.3) is 0 Å². The first-order valence-electron chi connectivity index (χ1n) is 7.14. The van der Waals surface area contributed by atoms with E-state index in [2.05, 4.69) is 34.0 Å². The summed E-state index contributed by atoms with van der Waals surface area (Å²) < 4.78 is 5.62. The molecule has 2 heterocycles. The lowest BCUT2D eigenvalue weighted by Crippen LogP contribution is -2.47. The van der Waals surface area contributed by atoms with Gasteiger partial charge in [-0.1, -0.05) is 18.5 Å². The van der Waals surface area contributed by atoms with Crippen molar-refractivity contribution >= 4 is 23.4 Å². The lowest BCUT2D eigenvalue weighted by atomic mass is 9.95. The number of anilines is 2. The largest absolute Gasteiger partial charge is 0.377 e. The van der Waals surface area contributed by atoms with Gasteiger partial charge in [0.05, 0.1) is 11.8 Å². The average Bonchev–Trinajstić information content (AvgIpc) is 2.46. The number of hydrogen-bond acceptors (Lipinski definition) is 5. The minimum Gasteiger partial charge on any atom is -0.377 e. The SMILES string of the molecule is CCCNc1ncc(Cl)c(N2CCCC(C)(OC)C2)n1. The molecule has 1 fully saturated rings.